The van der Waals surface area contributed by atoms with E-state index in [1.165, 1.54) is 32.0 Å². The molecule has 1 N–H and O–H groups in total. The van der Waals surface area contributed by atoms with Crippen LogP contribution >= 0.6 is 0 Å². The molecule has 0 aliphatic rings. The highest BCUT2D eigenvalue weighted by Gasteiger charge is 2.31. The number of hydrogen-bond donors (Lipinski definition) is 1. The second-order valence-corrected chi connectivity index (χ2v) is 8.45. The van der Waals surface area contributed by atoms with Crippen molar-refractivity contribution in [3.05, 3.63) is 63.7 Å². The second-order valence-electron chi connectivity index (χ2n) is 6.59. The summed E-state index contributed by atoms with van der Waals surface area (Å²) in [4.78, 5) is 34.7. The topological polar surface area (TPSA) is 127 Å². The molecule has 2 aromatic carbocycles. The van der Waals surface area contributed by atoms with Crippen molar-refractivity contribution >= 4 is 38.8 Å². The van der Waals surface area contributed by atoms with Crippen LogP contribution in [0, 0.1) is 17.0 Å². The summed E-state index contributed by atoms with van der Waals surface area (Å²) in [6.07, 6.45) is 0.922. The third kappa shape index (κ3) is 5.17. The number of hydrogen-bond acceptors (Lipinski definition) is 6. The quantitative estimate of drug-likeness (QED) is 0.418. The molecule has 0 bridgehead atoms. The maximum Gasteiger partial charge on any atom is 0.271 e. The highest BCUT2D eigenvalue weighted by Crippen LogP contribution is 2.29. The summed E-state index contributed by atoms with van der Waals surface area (Å²) < 4.78 is 25.7. The molecular weight excluding hydrogens is 398 g/mol. The number of nitrogens with one attached hydrogen (secondary N) is 1. The van der Waals surface area contributed by atoms with Crippen LogP contribution in [0.25, 0.3) is 0 Å². The van der Waals surface area contributed by atoms with Crippen LogP contribution in [0.4, 0.5) is 17.1 Å². The Bertz CT molecular complexity index is 1080. The molecule has 1 amide bonds. The molecule has 9 nitrogen and oxygen atoms in total. The normalized spacial score (nSPS) is 12.1. The molecule has 0 radical (unpaired) electrons. The monoisotopic (exact) mass is 419 g/mol. The van der Waals surface area contributed by atoms with Crippen molar-refractivity contribution in [1.29, 1.82) is 0 Å². The molecule has 154 valence electrons. The fourth-order valence-electron chi connectivity index (χ4n) is 2.79. The lowest BCUT2D eigenvalue weighted by Crippen LogP contribution is -2.45. The first-order valence-corrected chi connectivity index (χ1v) is 10.4. The Morgan fingerprint density at radius 2 is 1.83 bits per heavy atom. The van der Waals surface area contributed by atoms with Crippen LogP contribution in [0.2, 0.25) is 0 Å². The molecule has 0 saturated heterocycles. The van der Waals surface area contributed by atoms with Gasteiger partial charge in [0.15, 0.2) is 5.78 Å². The fraction of sp³-hybridized carbons (Fsp3) is 0.263. The highest BCUT2D eigenvalue weighted by atomic mass is 32.2. The van der Waals surface area contributed by atoms with Crippen molar-refractivity contribution in [2.75, 3.05) is 15.9 Å². The zero-order chi connectivity index (χ0) is 21.9. The number of anilines is 2. The van der Waals surface area contributed by atoms with Gasteiger partial charge in [-0.05, 0) is 38.5 Å². The third-order valence-electron chi connectivity index (χ3n) is 4.27. The van der Waals surface area contributed by atoms with Gasteiger partial charge in [0.25, 0.3) is 5.69 Å². The molecule has 0 spiro atoms. The van der Waals surface area contributed by atoms with Crippen molar-refractivity contribution in [3.63, 3.8) is 0 Å². The van der Waals surface area contributed by atoms with Gasteiger partial charge in [0.05, 0.1) is 16.9 Å². The van der Waals surface area contributed by atoms with Crippen molar-refractivity contribution in [3.8, 4) is 0 Å². The molecular formula is C19H21N3O6S. The number of amides is 1. The standard InChI is InChI=1S/C19H21N3O6S/c1-12-8-9-17(22(25)26)11-18(12)21(29(4,27)28)13(2)19(24)20-16-7-5-6-15(10-16)14(3)23/h5-11,13H,1-4H3,(H,20,24)/t13-/m1/s1. The fourth-order valence-corrected chi connectivity index (χ4v) is 4.02. The molecule has 0 heterocycles. The van der Waals surface area contributed by atoms with E-state index in [0.29, 0.717) is 16.8 Å². The van der Waals surface area contributed by atoms with Gasteiger partial charge in [0, 0.05) is 23.4 Å². The number of carbonyl (C=O) groups excluding carboxylic acids is 2. The minimum absolute atomic E-state index is 0.0434. The lowest BCUT2D eigenvalue weighted by Gasteiger charge is -2.29. The minimum Gasteiger partial charge on any atom is -0.324 e. The van der Waals surface area contributed by atoms with E-state index in [9.17, 15) is 28.1 Å². The minimum atomic E-state index is -3.95. The molecule has 2 rings (SSSR count). The highest BCUT2D eigenvalue weighted by molar-refractivity contribution is 7.92. The summed E-state index contributed by atoms with van der Waals surface area (Å²) >= 11 is 0. The lowest BCUT2D eigenvalue weighted by molar-refractivity contribution is -0.384. The number of sulfonamides is 1. The van der Waals surface area contributed by atoms with E-state index in [0.717, 1.165) is 16.6 Å². The summed E-state index contributed by atoms with van der Waals surface area (Å²) in [5, 5.41) is 13.7. The number of nitro benzene ring substituents is 1. The van der Waals surface area contributed by atoms with Crippen molar-refractivity contribution < 1.29 is 22.9 Å². The molecule has 0 saturated carbocycles. The summed E-state index contributed by atoms with van der Waals surface area (Å²) in [5.41, 5.74) is 0.936. The van der Waals surface area contributed by atoms with E-state index in [2.05, 4.69) is 5.32 Å². The number of nitro groups is 1. The van der Waals surface area contributed by atoms with Gasteiger partial charge in [-0.25, -0.2) is 8.42 Å². The molecule has 0 unspecified atom stereocenters. The summed E-state index contributed by atoms with van der Waals surface area (Å²) in [7, 11) is -3.95. The summed E-state index contributed by atoms with van der Waals surface area (Å²) in [6, 6.07) is 8.84. The zero-order valence-corrected chi connectivity index (χ0v) is 17.2. The molecule has 0 fully saturated rings. The van der Waals surface area contributed by atoms with Gasteiger partial charge in [-0.15, -0.1) is 0 Å². The molecule has 2 aromatic rings. The van der Waals surface area contributed by atoms with Crippen molar-refractivity contribution in [1.82, 2.24) is 0 Å². The second kappa shape index (κ2) is 8.39. The number of non-ortho nitro benzene ring substituents is 1. The van der Waals surface area contributed by atoms with Crippen LogP contribution in [-0.4, -0.2) is 37.3 Å². The van der Waals surface area contributed by atoms with E-state index in [1.54, 1.807) is 25.1 Å². The lowest BCUT2D eigenvalue weighted by atomic mass is 10.1. The molecule has 0 aliphatic heterocycles. The predicted molar refractivity (Wildman–Crippen MR) is 110 cm³/mol. The Kier molecular flexibility index (Phi) is 6.38. The Balaban J connectivity index is 2.42. The van der Waals surface area contributed by atoms with Crippen LogP contribution in [0.3, 0.4) is 0 Å². The number of rotatable bonds is 7. The zero-order valence-electron chi connectivity index (χ0n) is 16.4. The van der Waals surface area contributed by atoms with E-state index >= 15 is 0 Å². The van der Waals surface area contributed by atoms with E-state index in [-0.39, 0.29) is 17.2 Å². The van der Waals surface area contributed by atoms with Gasteiger partial charge in [-0.1, -0.05) is 18.2 Å². The number of carbonyl (C=O) groups is 2. The first-order chi connectivity index (χ1) is 13.4. The summed E-state index contributed by atoms with van der Waals surface area (Å²) in [5.74, 6) is -0.832. The van der Waals surface area contributed by atoms with Gasteiger partial charge in [0.2, 0.25) is 15.9 Å². The summed E-state index contributed by atoms with van der Waals surface area (Å²) in [6.45, 7) is 4.36. The van der Waals surface area contributed by atoms with E-state index < -0.39 is 26.9 Å². The number of aryl methyl sites for hydroxylation is 1. The first kappa shape index (κ1) is 22.0. The SMILES string of the molecule is CC(=O)c1cccc(NC(=O)[C@@H](C)N(c2cc([N+](=O)[O-])ccc2C)S(C)(=O)=O)c1. The Hall–Kier alpha value is -3.27. The average Bonchev–Trinajstić information content (AvgIpc) is 2.62. The van der Waals surface area contributed by atoms with E-state index in [4.69, 9.17) is 0 Å². The maximum atomic E-state index is 12.7. The largest absolute Gasteiger partial charge is 0.324 e. The predicted octanol–water partition coefficient (Wildman–Crippen LogP) is 2.90. The first-order valence-electron chi connectivity index (χ1n) is 8.58. The number of ketones is 1. The van der Waals surface area contributed by atoms with Crippen LogP contribution in [0.1, 0.15) is 29.8 Å². The smallest absolute Gasteiger partial charge is 0.271 e. The molecule has 0 aliphatic carbocycles. The Morgan fingerprint density at radius 1 is 1.17 bits per heavy atom. The number of nitrogens with zero attached hydrogens (tertiary/aromatic N) is 2. The van der Waals surface area contributed by atoms with Crippen LogP contribution < -0.4 is 9.62 Å². The third-order valence-corrected chi connectivity index (χ3v) is 5.49. The van der Waals surface area contributed by atoms with Gasteiger partial charge in [-0.3, -0.25) is 24.0 Å². The average molecular weight is 419 g/mol. The van der Waals surface area contributed by atoms with Crippen LogP contribution in [0.15, 0.2) is 42.5 Å². The van der Waals surface area contributed by atoms with Crippen LogP contribution in [0.5, 0.6) is 0 Å². The number of benzene rings is 2. The van der Waals surface area contributed by atoms with E-state index in [1.807, 2.05) is 0 Å². The Labute approximate surface area is 168 Å². The molecule has 29 heavy (non-hydrogen) atoms. The number of Topliss-reactive ketones (excluding diaryl/α,β-unsaturated/α-hetero) is 1. The van der Waals surface area contributed by atoms with Gasteiger partial charge < -0.3 is 5.32 Å². The van der Waals surface area contributed by atoms with Crippen LogP contribution in [-0.2, 0) is 14.8 Å². The van der Waals surface area contributed by atoms with Gasteiger partial charge in [-0.2, -0.15) is 0 Å². The van der Waals surface area contributed by atoms with Gasteiger partial charge >= 0.3 is 0 Å². The molecule has 10 heteroatoms. The maximum absolute atomic E-state index is 12.7. The van der Waals surface area contributed by atoms with Crippen molar-refractivity contribution in [2.45, 2.75) is 26.8 Å². The Morgan fingerprint density at radius 3 is 2.38 bits per heavy atom. The molecule has 1 atom stereocenters. The van der Waals surface area contributed by atoms with Crippen molar-refractivity contribution in [2.24, 2.45) is 0 Å². The molecule has 0 aromatic heterocycles. The van der Waals surface area contributed by atoms with Gasteiger partial charge in [0.1, 0.15) is 6.04 Å².